The molecule has 20 nitrogen and oxygen atoms in total. The number of benzene rings is 3. The molecule has 5 aromatic rings. The Kier molecular flexibility index (Phi) is 14.3. The fraction of sp³-hybridized carbons (Fsp3) is 0.371. The van der Waals surface area contributed by atoms with Crippen LogP contribution in [-0.2, 0) is 21.8 Å². The van der Waals surface area contributed by atoms with Gasteiger partial charge in [-0.15, -0.1) is 20.2 Å². The normalized spacial score (nSPS) is 18.1. The third kappa shape index (κ3) is 11.1. The predicted octanol–water partition coefficient (Wildman–Crippen LogP) is 4.88. The summed E-state index contributed by atoms with van der Waals surface area (Å²) in [6.07, 6.45) is 5.23. The molecule has 304 valence electrons. The minimum atomic E-state index is -1.50. The Hall–Kier alpha value is -5.96. The lowest BCUT2D eigenvalue weighted by Crippen LogP contribution is -2.46. The van der Waals surface area contributed by atoms with Gasteiger partial charge in [0.25, 0.3) is 10.2 Å². The van der Waals surface area contributed by atoms with Crippen LogP contribution < -0.4 is 20.2 Å². The summed E-state index contributed by atoms with van der Waals surface area (Å²) in [7, 11) is 0. The Labute approximate surface area is 335 Å². The maximum absolute atomic E-state index is 12.8. The van der Waals surface area contributed by atoms with E-state index in [0.29, 0.717) is 28.8 Å². The molecule has 3 atom stereocenters. The quantitative estimate of drug-likeness (QED) is 0.133. The highest BCUT2D eigenvalue weighted by Gasteiger charge is 2.45. The van der Waals surface area contributed by atoms with E-state index < -0.39 is 16.0 Å². The first kappa shape index (κ1) is 42.2. The van der Waals surface area contributed by atoms with Crippen LogP contribution in [0.25, 0.3) is 5.69 Å². The lowest BCUT2D eigenvalue weighted by Gasteiger charge is -2.37. The SMILES string of the molecule is CCC(C)n1cnn(-c2ccc(N3CCN(c4ccc(OC[C@H]5CO[C@](Cn6cncn6)(c6ccc(Cl)cc6Cl)O5)cc4)CC3)cc2)c1=O.O=[N+]([O-])O.O=[N+]([O-])O. The molecule has 0 amide bonds. The molecule has 3 aromatic carbocycles. The van der Waals surface area contributed by atoms with E-state index in [1.807, 2.05) is 37.3 Å². The topological polar surface area (TPSA) is 231 Å². The molecular formula is C35H40Cl2N10O10. The van der Waals surface area contributed by atoms with Gasteiger partial charge in [-0.1, -0.05) is 36.2 Å². The molecule has 2 aromatic heterocycles. The van der Waals surface area contributed by atoms with Crippen molar-refractivity contribution in [2.45, 2.75) is 44.7 Å². The molecule has 7 rings (SSSR count). The summed E-state index contributed by atoms with van der Waals surface area (Å²) in [5.41, 5.74) is 3.58. The van der Waals surface area contributed by atoms with Crippen LogP contribution in [0.2, 0.25) is 10.0 Å². The summed E-state index contributed by atoms with van der Waals surface area (Å²) >= 11 is 12.7. The van der Waals surface area contributed by atoms with E-state index in [-0.39, 0.29) is 24.4 Å². The maximum atomic E-state index is 12.8. The summed E-state index contributed by atoms with van der Waals surface area (Å²) in [6, 6.07) is 21.6. The third-order valence-corrected chi connectivity index (χ3v) is 9.72. The molecule has 0 saturated carbocycles. The van der Waals surface area contributed by atoms with Crippen molar-refractivity contribution < 1.29 is 34.8 Å². The van der Waals surface area contributed by atoms with E-state index in [0.717, 1.165) is 55.4 Å². The van der Waals surface area contributed by atoms with Gasteiger partial charge in [-0.3, -0.25) is 4.57 Å². The third-order valence-electron chi connectivity index (χ3n) is 9.17. The minimum absolute atomic E-state index is 0.113. The van der Waals surface area contributed by atoms with Gasteiger partial charge < -0.3 is 34.4 Å². The number of piperazine rings is 1. The van der Waals surface area contributed by atoms with Crippen molar-refractivity contribution in [3.05, 3.63) is 132 Å². The van der Waals surface area contributed by atoms with E-state index in [9.17, 15) is 4.79 Å². The van der Waals surface area contributed by atoms with Gasteiger partial charge in [0.1, 0.15) is 44.0 Å². The Bertz CT molecular complexity index is 2110. The van der Waals surface area contributed by atoms with Crippen LogP contribution in [0.1, 0.15) is 31.9 Å². The molecule has 2 saturated heterocycles. The van der Waals surface area contributed by atoms with Gasteiger partial charge in [-0.25, -0.2) is 14.5 Å². The Morgan fingerprint density at radius 2 is 1.49 bits per heavy atom. The fourth-order valence-electron chi connectivity index (χ4n) is 6.24. The molecule has 2 fully saturated rings. The zero-order chi connectivity index (χ0) is 41.1. The van der Waals surface area contributed by atoms with E-state index in [1.54, 1.807) is 34.0 Å². The summed E-state index contributed by atoms with van der Waals surface area (Å²) in [5.74, 6) is -0.411. The monoisotopic (exact) mass is 830 g/mol. The smallest absolute Gasteiger partial charge is 0.350 e. The average Bonchev–Trinajstić information content (AvgIpc) is 3.95. The van der Waals surface area contributed by atoms with Crippen molar-refractivity contribution in [2.75, 3.05) is 49.2 Å². The van der Waals surface area contributed by atoms with Crippen molar-refractivity contribution in [3.8, 4) is 11.4 Å². The lowest BCUT2D eigenvalue weighted by atomic mass is 10.1. The summed E-state index contributed by atoms with van der Waals surface area (Å²) in [4.78, 5) is 38.3. The number of ether oxygens (including phenoxy) is 3. The van der Waals surface area contributed by atoms with Gasteiger partial charge in [-0.05, 0) is 74.0 Å². The second-order valence-electron chi connectivity index (χ2n) is 12.8. The van der Waals surface area contributed by atoms with E-state index >= 15 is 0 Å². The second-order valence-corrected chi connectivity index (χ2v) is 13.6. The van der Waals surface area contributed by atoms with Gasteiger partial charge in [0, 0.05) is 54.2 Å². The number of halogens is 2. The number of aromatic nitrogens is 6. The van der Waals surface area contributed by atoms with Crippen LogP contribution in [0.4, 0.5) is 11.4 Å². The van der Waals surface area contributed by atoms with E-state index in [2.05, 4.69) is 56.2 Å². The zero-order valence-electron chi connectivity index (χ0n) is 30.8. The largest absolute Gasteiger partial charge is 0.491 e. The van der Waals surface area contributed by atoms with Crippen LogP contribution in [0.3, 0.4) is 0 Å². The Balaban J connectivity index is 0.000000710. The summed E-state index contributed by atoms with van der Waals surface area (Å²) in [6.45, 7) is 8.50. The number of nitrogens with zero attached hydrogens (tertiary/aromatic N) is 10. The molecule has 2 aliphatic heterocycles. The molecule has 2 aliphatic rings. The average molecular weight is 832 g/mol. The van der Waals surface area contributed by atoms with Crippen LogP contribution in [-0.4, -0.2) is 95.2 Å². The van der Waals surface area contributed by atoms with Crippen LogP contribution in [0.5, 0.6) is 5.75 Å². The molecule has 1 unspecified atom stereocenters. The number of anilines is 2. The van der Waals surface area contributed by atoms with Gasteiger partial charge >= 0.3 is 5.69 Å². The van der Waals surface area contributed by atoms with Crippen LogP contribution in [0.15, 0.2) is 90.5 Å². The molecule has 57 heavy (non-hydrogen) atoms. The highest BCUT2D eigenvalue weighted by molar-refractivity contribution is 6.35. The molecule has 0 radical (unpaired) electrons. The minimum Gasteiger partial charge on any atom is -0.491 e. The Morgan fingerprint density at radius 1 is 0.912 bits per heavy atom. The van der Waals surface area contributed by atoms with Gasteiger partial charge in [-0.2, -0.15) is 14.9 Å². The van der Waals surface area contributed by atoms with Gasteiger partial charge in [0.05, 0.1) is 17.3 Å². The fourth-order valence-corrected chi connectivity index (χ4v) is 6.80. The number of hydrogen-bond donors (Lipinski definition) is 2. The molecular weight excluding hydrogens is 791 g/mol. The van der Waals surface area contributed by atoms with Crippen molar-refractivity contribution >= 4 is 34.6 Å². The molecule has 0 spiro atoms. The highest BCUT2D eigenvalue weighted by Crippen LogP contribution is 2.40. The van der Waals surface area contributed by atoms with Crippen LogP contribution >= 0.6 is 23.2 Å². The van der Waals surface area contributed by atoms with Crippen LogP contribution in [0, 0.1) is 20.2 Å². The standard InChI is InChI=1S/C35H38Cl2N8O4.2HNO3/c1-3-25(2)44-24-40-45(34(44)46)29-7-5-27(6-8-29)41-14-16-42(17-15-41)28-9-11-30(12-10-28)47-19-31-20-48-35(49-31,21-43-23-38-22-39-43)32-13-4-26(36)18-33(32)37;2*2-1(3)4/h4-13,18,22-25,31H,3,14-17,19-21H2,1-2H3;2*(H,2,3,4)/t25?,31-,35-;;/m0../s1. The Morgan fingerprint density at radius 3 is 2.04 bits per heavy atom. The second kappa shape index (κ2) is 19.3. The van der Waals surface area contributed by atoms with Crippen molar-refractivity contribution in [3.63, 3.8) is 0 Å². The van der Waals surface area contributed by atoms with Crippen molar-refractivity contribution in [2.24, 2.45) is 0 Å². The summed E-state index contributed by atoms with van der Waals surface area (Å²) in [5, 5.41) is 36.8. The highest BCUT2D eigenvalue weighted by atomic mass is 35.5. The lowest BCUT2D eigenvalue weighted by molar-refractivity contribution is -0.742. The maximum Gasteiger partial charge on any atom is 0.350 e. The number of hydrogen-bond acceptors (Lipinski definition) is 13. The van der Waals surface area contributed by atoms with Crippen molar-refractivity contribution in [1.82, 2.24) is 29.1 Å². The molecule has 0 bridgehead atoms. The van der Waals surface area contributed by atoms with Gasteiger partial charge in [0.2, 0.25) is 5.79 Å². The number of rotatable bonds is 11. The molecule has 2 N–H and O–H groups in total. The first-order chi connectivity index (χ1) is 27.3. The zero-order valence-corrected chi connectivity index (χ0v) is 32.3. The summed E-state index contributed by atoms with van der Waals surface area (Å²) < 4.78 is 23.7. The van der Waals surface area contributed by atoms with Crippen molar-refractivity contribution in [1.29, 1.82) is 0 Å². The first-order valence-corrected chi connectivity index (χ1v) is 18.3. The molecule has 0 aliphatic carbocycles. The molecule has 4 heterocycles. The van der Waals surface area contributed by atoms with Gasteiger partial charge in [0.15, 0.2) is 0 Å². The van der Waals surface area contributed by atoms with E-state index in [1.165, 1.54) is 11.0 Å². The predicted molar refractivity (Wildman–Crippen MR) is 206 cm³/mol. The van der Waals surface area contributed by atoms with E-state index in [4.69, 9.17) is 68.1 Å². The first-order valence-electron chi connectivity index (χ1n) is 17.5. The molecule has 22 heteroatoms.